The van der Waals surface area contributed by atoms with Crippen LogP contribution in [0.1, 0.15) is 25.0 Å². The van der Waals surface area contributed by atoms with E-state index in [2.05, 4.69) is 140 Å². The lowest BCUT2D eigenvalue weighted by atomic mass is 9.82. The molecule has 40 heavy (non-hydrogen) atoms. The summed E-state index contributed by atoms with van der Waals surface area (Å²) in [4.78, 5) is 7.22. The van der Waals surface area contributed by atoms with Crippen molar-refractivity contribution in [2.24, 2.45) is 0 Å². The molecule has 0 radical (unpaired) electrons. The molecule has 0 unspecified atom stereocenters. The van der Waals surface area contributed by atoms with Crippen molar-refractivity contribution < 1.29 is 0 Å². The van der Waals surface area contributed by atoms with E-state index in [1.807, 2.05) is 18.0 Å². The Balaban J connectivity index is 1.43. The van der Waals surface area contributed by atoms with Crippen LogP contribution < -0.4 is 0 Å². The zero-order valence-electron chi connectivity index (χ0n) is 22.5. The monoisotopic (exact) mass is 529 g/mol. The minimum Gasteiger partial charge on any atom is -0.264 e. The fourth-order valence-electron chi connectivity index (χ4n) is 6.74. The van der Waals surface area contributed by atoms with Crippen LogP contribution in [0, 0.1) is 0 Å². The molecule has 1 aliphatic rings. The van der Waals surface area contributed by atoms with E-state index in [4.69, 9.17) is 0 Å². The molecule has 0 saturated heterocycles. The number of fused-ring (bicyclic) bond motifs is 6. The van der Waals surface area contributed by atoms with Gasteiger partial charge in [-0.2, -0.15) is 0 Å². The number of benzene rings is 6. The van der Waals surface area contributed by atoms with Crippen molar-refractivity contribution in [2.75, 3.05) is 0 Å². The Labute approximate surface area is 238 Å². The number of hydrogen-bond acceptors (Lipinski definition) is 2. The number of aromatic nitrogens is 1. The number of nitrogens with zero attached hydrogens (tertiary/aromatic N) is 1. The Morgan fingerprint density at radius 1 is 0.525 bits per heavy atom. The largest absolute Gasteiger partial charge is 0.264 e. The van der Waals surface area contributed by atoms with Crippen molar-refractivity contribution in [1.82, 2.24) is 4.98 Å². The lowest BCUT2D eigenvalue weighted by Crippen LogP contribution is -2.14. The number of rotatable bonds is 3. The first-order valence-corrected chi connectivity index (χ1v) is 14.6. The van der Waals surface area contributed by atoms with E-state index in [-0.39, 0.29) is 5.41 Å². The third-order valence-electron chi connectivity index (χ3n) is 8.62. The van der Waals surface area contributed by atoms with Crippen LogP contribution in [0.2, 0.25) is 0 Å². The molecule has 1 aromatic heterocycles. The third-order valence-corrected chi connectivity index (χ3v) is 9.82. The van der Waals surface area contributed by atoms with Gasteiger partial charge >= 0.3 is 0 Å². The summed E-state index contributed by atoms with van der Waals surface area (Å²) in [5.41, 5.74) is 8.02. The summed E-state index contributed by atoms with van der Waals surface area (Å²) >= 11 is 1.90. The Bertz CT molecular complexity index is 2060. The highest BCUT2D eigenvalue weighted by Gasteiger charge is 2.36. The predicted molar refractivity (Wildman–Crippen MR) is 170 cm³/mol. The van der Waals surface area contributed by atoms with Crippen molar-refractivity contribution in [1.29, 1.82) is 0 Å². The van der Waals surface area contributed by atoms with Crippen molar-refractivity contribution in [2.45, 2.75) is 29.1 Å². The maximum absolute atomic E-state index is 4.63. The van der Waals surface area contributed by atoms with E-state index in [9.17, 15) is 0 Å². The molecule has 190 valence electrons. The fraction of sp³-hybridized carbons (Fsp3) is 0.0789. The maximum atomic E-state index is 4.63. The first kappa shape index (κ1) is 23.5. The van der Waals surface area contributed by atoms with Gasteiger partial charge in [0.05, 0.1) is 0 Å². The molecule has 2 heteroatoms. The average Bonchev–Trinajstić information content (AvgIpc) is 3.24. The highest BCUT2D eigenvalue weighted by Crippen LogP contribution is 2.54. The summed E-state index contributed by atoms with van der Waals surface area (Å²) in [5.74, 6) is 0. The van der Waals surface area contributed by atoms with Crippen molar-refractivity contribution in [3.63, 3.8) is 0 Å². The minimum absolute atomic E-state index is 0.0191. The second-order valence-electron chi connectivity index (χ2n) is 11.1. The molecule has 0 saturated carbocycles. The molecular formula is C38H27NS. The summed E-state index contributed by atoms with van der Waals surface area (Å²) in [5, 5.41) is 7.48. The third kappa shape index (κ3) is 3.33. The van der Waals surface area contributed by atoms with E-state index in [1.54, 1.807) is 0 Å². The second kappa shape index (κ2) is 8.81. The SMILES string of the molecule is CC1(C)c2ccccc2-c2c(Sc3c4ccccc4c(-c4cccc5ccccc45)c4cnccc34)cccc21. The first-order chi connectivity index (χ1) is 19.6. The van der Waals surface area contributed by atoms with E-state index in [0.717, 1.165) is 0 Å². The van der Waals surface area contributed by atoms with Crippen molar-refractivity contribution >= 4 is 44.1 Å². The maximum Gasteiger partial charge on any atom is 0.0353 e. The standard InChI is InChI=1S/C38H27NS/c1-38(2)32-18-8-7-16-30(32)36-33(38)19-10-20-34(36)40-37-28-15-6-5-14-27(28)35(31-23-39-22-21-29(31)37)26-17-9-12-24-11-3-4-13-25(24)26/h3-23H,1-2H3. The summed E-state index contributed by atoms with van der Waals surface area (Å²) in [7, 11) is 0. The van der Waals surface area contributed by atoms with Crippen LogP contribution in [-0.2, 0) is 5.41 Å². The van der Waals surface area contributed by atoms with Crippen LogP contribution >= 0.6 is 11.8 Å². The van der Waals surface area contributed by atoms with Crippen LogP contribution in [0.25, 0.3) is 54.6 Å². The Morgan fingerprint density at radius 3 is 2.08 bits per heavy atom. The number of pyridine rings is 1. The van der Waals surface area contributed by atoms with Crippen LogP contribution in [0.4, 0.5) is 0 Å². The van der Waals surface area contributed by atoms with Gasteiger partial charge in [-0.1, -0.05) is 129 Å². The van der Waals surface area contributed by atoms with Gasteiger partial charge in [-0.3, -0.25) is 4.98 Å². The molecule has 0 N–H and O–H groups in total. The molecule has 6 aromatic carbocycles. The lowest BCUT2D eigenvalue weighted by Gasteiger charge is -2.22. The van der Waals surface area contributed by atoms with Gasteiger partial charge in [-0.15, -0.1) is 0 Å². The zero-order chi connectivity index (χ0) is 26.8. The van der Waals surface area contributed by atoms with Crippen LogP contribution in [0.15, 0.2) is 137 Å². The van der Waals surface area contributed by atoms with Crippen LogP contribution in [-0.4, -0.2) is 4.98 Å². The van der Waals surface area contributed by atoms with Crippen molar-refractivity contribution in [3.05, 3.63) is 139 Å². The molecule has 0 fully saturated rings. The van der Waals surface area contributed by atoms with Gasteiger partial charge in [0.15, 0.2) is 0 Å². The minimum atomic E-state index is -0.0191. The Morgan fingerprint density at radius 2 is 1.18 bits per heavy atom. The zero-order valence-corrected chi connectivity index (χ0v) is 23.3. The average molecular weight is 530 g/mol. The van der Waals surface area contributed by atoms with Gasteiger partial charge in [-0.25, -0.2) is 0 Å². The van der Waals surface area contributed by atoms with Gasteiger partial charge in [0.1, 0.15) is 0 Å². The molecule has 1 aliphatic carbocycles. The van der Waals surface area contributed by atoms with E-state index in [1.165, 1.54) is 75.5 Å². The van der Waals surface area contributed by atoms with E-state index < -0.39 is 0 Å². The van der Waals surface area contributed by atoms with Gasteiger partial charge in [0.25, 0.3) is 0 Å². The summed E-state index contributed by atoms with van der Waals surface area (Å²) in [6.07, 6.45) is 3.98. The van der Waals surface area contributed by atoms with Crippen LogP contribution in [0.5, 0.6) is 0 Å². The topological polar surface area (TPSA) is 12.9 Å². The van der Waals surface area contributed by atoms with Gasteiger partial charge in [0.2, 0.25) is 0 Å². The fourth-order valence-corrected chi connectivity index (χ4v) is 8.00. The summed E-state index contributed by atoms with van der Waals surface area (Å²) < 4.78 is 0. The molecule has 1 heterocycles. The van der Waals surface area contributed by atoms with Gasteiger partial charge < -0.3 is 0 Å². The highest BCUT2D eigenvalue weighted by atomic mass is 32.2. The molecular weight excluding hydrogens is 502 g/mol. The van der Waals surface area contributed by atoms with Gasteiger partial charge in [0, 0.05) is 33.0 Å². The molecule has 1 nitrogen and oxygen atoms in total. The molecule has 8 rings (SSSR count). The smallest absolute Gasteiger partial charge is 0.0353 e. The molecule has 0 atom stereocenters. The van der Waals surface area contributed by atoms with E-state index in [0.29, 0.717) is 0 Å². The number of hydrogen-bond donors (Lipinski definition) is 0. The summed E-state index contributed by atoms with van der Waals surface area (Å²) in [6.45, 7) is 4.70. The van der Waals surface area contributed by atoms with Crippen LogP contribution in [0.3, 0.4) is 0 Å². The second-order valence-corrected chi connectivity index (χ2v) is 12.2. The molecule has 0 amide bonds. The summed E-state index contributed by atoms with van der Waals surface area (Å²) in [6, 6.07) is 42.1. The molecule has 0 bridgehead atoms. The molecule has 7 aromatic rings. The lowest BCUT2D eigenvalue weighted by molar-refractivity contribution is 0.659. The molecule has 0 aliphatic heterocycles. The van der Waals surface area contributed by atoms with Gasteiger partial charge in [-0.05, 0) is 72.4 Å². The first-order valence-electron chi connectivity index (χ1n) is 13.8. The predicted octanol–water partition coefficient (Wildman–Crippen LogP) is 10.7. The normalized spacial score (nSPS) is 13.6. The molecule has 0 spiro atoms. The van der Waals surface area contributed by atoms with Crippen molar-refractivity contribution in [3.8, 4) is 22.3 Å². The quantitative estimate of drug-likeness (QED) is 0.211. The Hall–Kier alpha value is -4.40. The van der Waals surface area contributed by atoms with E-state index >= 15 is 0 Å². The Kier molecular flexibility index (Phi) is 5.17. The highest BCUT2D eigenvalue weighted by molar-refractivity contribution is 8.00.